The molecule has 1 saturated carbocycles. The van der Waals surface area contributed by atoms with Crippen LogP contribution in [0.1, 0.15) is 19.3 Å². The van der Waals surface area contributed by atoms with Crippen molar-refractivity contribution in [3.8, 4) is 11.4 Å². The van der Waals surface area contributed by atoms with Gasteiger partial charge in [-0.05, 0) is 47.9 Å². The van der Waals surface area contributed by atoms with Crippen LogP contribution in [-0.4, -0.2) is 31.3 Å². The van der Waals surface area contributed by atoms with Crippen molar-refractivity contribution in [1.29, 1.82) is 0 Å². The molecular formula is C12H10BrFN4O2. The molecule has 104 valence electrons. The second kappa shape index (κ2) is 4.62. The SMILES string of the molecule is O=C(O)C1(n2nnnc2-c2cc(F)ccc2Br)CCC1. The van der Waals surface area contributed by atoms with Gasteiger partial charge in [-0.2, -0.15) is 0 Å². The normalized spacial score (nSPS) is 16.7. The number of carbonyl (C=O) groups is 1. The number of rotatable bonds is 3. The summed E-state index contributed by atoms with van der Waals surface area (Å²) in [5, 5.41) is 20.7. The summed E-state index contributed by atoms with van der Waals surface area (Å²) in [5.41, 5.74) is -0.688. The third kappa shape index (κ3) is 1.82. The number of hydrogen-bond acceptors (Lipinski definition) is 4. The quantitative estimate of drug-likeness (QED) is 0.926. The van der Waals surface area contributed by atoms with Crippen molar-refractivity contribution >= 4 is 21.9 Å². The van der Waals surface area contributed by atoms with Crippen LogP contribution in [0, 0.1) is 5.82 Å². The highest BCUT2D eigenvalue weighted by Gasteiger charge is 2.49. The van der Waals surface area contributed by atoms with Crippen LogP contribution in [0.3, 0.4) is 0 Å². The first kappa shape index (κ1) is 13.2. The van der Waals surface area contributed by atoms with Crippen LogP contribution in [-0.2, 0) is 10.3 Å². The van der Waals surface area contributed by atoms with E-state index < -0.39 is 17.3 Å². The number of aliphatic carboxylic acids is 1. The summed E-state index contributed by atoms with van der Waals surface area (Å²) in [7, 11) is 0. The maximum atomic E-state index is 13.4. The van der Waals surface area contributed by atoms with Crippen LogP contribution < -0.4 is 0 Å². The first-order valence-corrected chi connectivity index (χ1v) is 6.81. The fraction of sp³-hybridized carbons (Fsp3) is 0.333. The molecule has 0 atom stereocenters. The molecular weight excluding hydrogens is 331 g/mol. The molecule has 0 saturated heterocycles. The van der Waals surface area contributed by atoms with Gasteiger partial charge in [0.25, 0.3) is 0 Å². The highest BCUT2D eigenvalue weighted by atomic mass is 79.9. The number of benzene rings is 1. The molecule has 1 aliphatic carbocycles. The fourth-order valence-electron chi connectivity index (χ4n) is 2.34. The predicted octanol–water partition coefficient (Wildman–Crippen LogP) is 2.21. The van der Waals surface area contributed by atoms with Crippen molar-refractivity contribution in [3.05, 3.63) is 28.5 Å². The number of carboxylic acid groups (broad SMARTS) is 1. The first-order valence-electron chi connectivity index (χ1n) is 6.02. The van der Waals surface area contributed by atoms with Crippen molar-refractivity contribution in [1.82, 2.24) is 20.2 Å². The number of aromatic nitrogens is 4. The second-order valence-corrected chi connectivity index (χ2v) is 5.58. The fourth-order valence-corrected chi connectivity index (χ4v) is 2.76. The summed E-state index contributed by atoms with van der Waals surface area (Å²) < 4.78 is 15.3. The number of tetrazole rings is 1. The van der Waals surface area contributed by atoms with Gasteiger partial charge in [0.15, 0.2) is 11.4 Å². The van der Waals surface area contributed by atoms with Crippen LogP contribution in [0.5, 0.6) is 0 Å². The molecule has 3 rings (SSSR count). The van der Waals surface area contributed by atoms with E-state index in [1.165, 1.54) is 22.9 Å². The average Bonchev–Trinajstić information content (AvgIpc) is 2.80. The Bertz CT molecular complexity index is 684. The van der Waals surface area contributed by atoms with Gasteiger partial charge in [-0.3, -0.25) is 0 Å². The standard InChI is InChI=1S/C12H10BrFN4O2/c13-9-3-2-7(14)6-8(9)10-15-16-17-18(10)12(11(19)20)4-1-5-12/h2-3,6H,1,4-5H2,(H,19,20). The molecule has 1 aromatic heterocycles. The Hall–Kier alpha value is -1.83. The molecule has 1 N–H and O–H groups in total. The minimum absolute atomic E-state index is 0.249. The minimum atomic E-state index is -1.12. The van der Waals surface area contributed by atoms with Gasteiger partial charge < -0.3 is 5.11 Å². The largest absolute Gasteiger partial charge is 0.479 e. The Balaban J connectivity index is 2.16. The summed E-state index contributed by atoms with van der Waals surface area (Å²) in [6.45, 7) is 0. The van der Waals surface area contributed by atoms with Gasteiger partial charge in [-0.15, -0.1) is 5.10 Å². The van der Waals surface area contributed by atoms with E-state index in [0.29, 0.717) is 22.9 Å². The summed E-state index contributed by atoms with van der Waals surface area (Å²) >= 11 is 3.31. The molecule has 0 spiro atoms. The predicted molar refractivity (Wildman–Crippen MR) is 70.4 cm³/mol. The van der Waals surface area contributed by atoms with Crippen molar-refractivity contribution < 1.29 is 14.3 Å². The zero-order valence-corrected chi connectivity index (χ0v) is 11.8. The highest BCUT2D eigenvalue weighted by Crippen LogP contribution is 2.41. The average molecular weight is 341 g/mol. The lowest BCUT2D eigenvalue weighted by molar-refractivity contribution is -0.153. The van der Waals surface area contributed by atoms with Gasteiger partial charge in [-0.1, -0.05) is 15.9 Å². The smallest absolute Gasteiger partial charge is 0.331 e. The molecule has 0 aliphatic heterocycles. The molecule has 8 heteroatoms. The first-order chi connectivity index (χ1) is 9.54. The van der Waals surface area contributed by atoms with Crippen molar-refractivity contribution in [2.75, 3.05) is 0 Å². The minimum Gasteiger partial charge on any atom is -0.479 e. The van der Waals surface area contributed by atoms with Crippen LogP contribution in [0.4, 0.5) is 4.39 Å². The third-order valence-electron chi connectivity index (χ3n) is 3.62. The molecule has 0 amide bonds. The Morgan fingerprint density at radius 1 is 1.45 bits per heavy atom. The van der Waals surface area contributed by atoms with E-state index in [-0.39, 0.29) is 5.82 Å². The lowest BCUT2D eigenvalue weighted by atomic mass is 9.76. The van der Waals surface area contributed by atoms with Crippen LogP contribution >= 0.6 is 15.9 Å². The number of hydrogen-bond donors (Lipinski definition) is 1. The van der Waals surface area contributed by atoms with E-state index in [1.54, 1.807) is 0 Å². The summed E-state index contributed by atoms with van der Waals surface area (Å²) in [5.74, 6) is -1.15. The maximum Gasteiger partial charge on any atom is 0.331 e. The number of carboxylic acids is 1. The third-order valence-corrected chi connectivity index (χ3v) is 4.31. The molecule has 20 heavy (non-hydrogen) atoms. The molecule has 1 fully saturated rings. The molecule has 0 unspecified atom stereocenters. The molecule has 2 aromatic rings. The summed E-state index contributed by atoms with van der Waals surface area (Å²) in [4.78, 5) is 11.5. The second-order valence-electron chi connectivity index (χ2n) is 4.73. The van der Waals surface area contributed by atoms with Gasteiger partial charge in [0.2, 0.25) is 0 Å². The molecule has 1 aliphatic rings. The summed E-state index contributed by atoms with van der Waals surface area (Å²) in [6.07, 6.45) is 1.73. The highest BCUT2D eigenvalue weighted by molar-refractivity contribution is 9.10. The van der Waals surface area contributed by atoms with Crippen molar-refractivity contribution in [2.24, 2.45) is 0 Å². The molecule has 0 bridgehead atoms. The van der Waals surface area contributed by atoms with Gasteiger partial charge >= 0.3 is 5.97 Å². The lowest BCUT2D eigenvalue weighted by Crippen LogP contribution is -2.48. The number of halogens is 2. The Morgan fingerprint density at radius 3 is 2.80 bits per heavy atom. The zero-order chi connectivity index (χ0) is 14.3. The Morgan fingerprint density at radius 2 is 2.20 bits per heavy atom. The maximum absolute atomic E-state index is 13.4. The van der Waals surface area contributed by atoms with Crippen molar-refractivity contribution in [2.45, 2.75) is 24.8 Å². The van der Waals surface area contributed by atoms with Gasteiger partial charge in [0.05, 0.1) is 0 Å². The van der Waals surface area contributed by atoms with E-state index in [2.05, 4.69) is 31.5 Å². The number of nitrogens with zero attached hydrogens (tertiary/aromatic N) is 4. The van der Waals surface area contributed by atoms with Crippen LogP contribution in [0.25, 0.3) is 11.4 Å². The molecule has 6 nitrogen and oxygen atoms in total. The van der Waals surface area contributed by atoms with E-state index in [9.17, 15) is 14.3 Å². The molecule has 1 heterocycles. The van der Waals surface area contributed by atoms with Gasteiger partial charge in [0.1, 0.15) is 5.82 Å². The Kier molecular flexibility index (Phi) is 3.04. The lowest BCUT2D eigenvalue weighted by Gasteiger charge is -2.37. The topological polar surface area (TPSA) is 80.9 Å². The van der Waals surface area contributed by atoms with Gasteiger partial charge in [0, 0.05) is 10.0 Å². The Labute approximate surface area is 121 Å². The monoisotopic (exact) mass is 340 g/mol. The van der Waals surface area contributed by atoms with Crippen LogP contribution in [0.15, 0.2) is 22.7 Å². The van der Waals surface area contributed by atoms with Crippen molar-refractivity contribution in [3.63, 3.8) is 0 Å². The molecule has 0 radical (unpaired) electrons. The van der Waals surface area contributed by atoms with E-state index >= 15 is 0 Å². The van der Waals surface area contributed by atoms with E-state index in [4.69, 9.17) is 0 Å². The summed E-state index contributed by atoms with van der Waals surface area (Å²) in [6, 6.07) is 4.12. The van der Waals surface area contributed by atoms with E-state index in [1.807, 2.05) is 0 Å². The van der Waals surface area contributed by atoms with Gasteiger partial charge in [-0.25, -0.2) is 13.9 Å². The van der Waals surface area contributed by atoms with Crippen LogP contribution in [0.2, 0.25) is 0 Å². The van der Waals surface area contributed by atoms with E-state index in [0.717, 1.165) is 6.42 Å². The zero-order valence-electron chi connectivity index (χ0n) is 10.3. The molecule has 1 aromatic carbocycles.